The molecule has 1 saturated heterocycles. The SMILES string of the molecule is COc1ccc2c(c1)nc(-c1ccncc1F)n2C1CCN(S(=O)(=O)c2ccc3nc(C)oc3c2)CC1. The maximum atomic E-state index is 14.8. The fourth-order valence-corrected chi connectivity index (χ4v) is 6.48. The maximum Gasteiger partial charge on any atom is 0.243 e. The first kappa shape index (κ1) is 23.6. The number of imidazole rings is 1. The van der Waals surface area contributed by atoms with Gasteiger partial charge in [0.15, 0.2) is 17.3 Å². The first-order chi connectivity index (χ1) is 17.8. The van der Waals surface area contributed by atoms with Gasteiger partial charge in [-0.1, -0.05) is 0 Å². The number of piperidine rings is 1. The van der Waals surface area contributed by atoms with Crippen molar-refractivity contribution in [1.29, 1.82) is 0 Å². The Morgan fingerprint density at radius 2 is 1.86 bits per heavy atom. The van der Waals surface area contributed by atoms with Gasteiger partial charge in [-0.3, -0.25) is 4.98 Å². The van der Waals surface area contributed by atoms with Crippen molar-refractivity contribution in [1.82, 2.24) is 23.8 Å². The van der Waals surface area contributed by atoms with Crippen molar-refractivity contribution in [3.8, 4) is 17.1 Å². The lowest BCUT2D eigenvalue weighted by Gasteiger charge is -2.33. The number of oxazole rings is 1. The van der Waals surface area contributed by atoms with Crippen LogP contribution in [0.3, 0.4) is 0 Å². The molecule has 0 atom stereocenters. The fraction of sp³-hybridized carbons (Fsp3) is 0.269. The van der Waals surface area contributed by atoms with Gasteiger partial charge in [0.1, 0.15) is 17.1 Å². The largest absolute Gasteiger partial charge is 0.497 e. The van der Waals surface area contributed by atoms with E-state index in [0.717, 1.165) is 5.52 Å². The third-order valence-corrected chi connectivity index (χ3v) is 8.70. The van der Waals surface area contributed by atoms with Crippen LogP contribution in [0.25, 0.3) is 33.5 Å². The van der Waals surface area contributed by atoms with Gasteiger partial charge in [0.25, 0.3) is 0 Å². The molecule has 0 radical (unpaired) electrons. The monoisotopic (exact) mass is 521 g/mol. The van der Waals surface area contributed by atoms with Gasteiger partial charge in [0.05, 0.1) is 34.8 Å². The van der Waals surface area contributed by atoms with Gasteiger partial charge < -0.3 is 13.7 Å². The molecule has 3 aromatic heterocycles. The van der Waals surface area contributed by atoms with Crippen molar-refractivity contribution in [2.45, 2.75) is 30.7 Å². The van der Waals surface area contributed by atoms with Gasteiger partial charge >= 0.3 is 0 Å². The minimum Gasteiger partial charge on any atom is -0.497 e. The molecule has 6 rings (SSSR count). The van der Waals surface area contributed by atoms with E-state index >= 15 is 0 Å². The van der Waals surface area contributed by atoms with Crippen molar-refractivity contribution in [2.24, 2.45) is 0 Å². The molecule has 0 unspecified atom stereocenters. The molecule has 1 fully saturated rings. The zero-order valence-corrected chi connectivity index (χ0v) is 21.1. The Morgan fingerprint density at radius 1 is 1.05 bits per heavy atom. The van der Waals surface area contributed by atoms with Gasteiger partial charge in [0.2, 0.25) is 10.0 Å². The van der Waals surface area contributed by atoms with Gasteiger partial charge in [-0.25, -0.2) is 22.8 Å². The zero-order chi connectivity index (χ0) is 25.7. The van der Waals surface area contributed by atoms with Crippen LogP contribution in [0, 0.1) is 12.7 Å². The van der Waals surface area contributed by atoms with Crippen molar-refractivity contribution in [3.63, 3.8) is 0 Å². The highest BCUT2D eigenvalue weighted by Crippen LogP contribution is 2.36. The molecule has 0 bridgehead atoms. The van der Waals surface area contributed by atoms with Crippen LogP contribution in [0.2, 0.25) is 0 Å². The highest BCUT2D eigenvalue weighted by Gasteiger charge is 2.32. The molecule has 0 N–H and O–H groups in total. The highest BCUT2D eigenvalue weighted by atomic mass is 32.2. The van der Waals surface area contributed by atoms with Gasteiger partial charge in [-0.2, -0.15) is 4.31 Å². The zero-order valence-electron chi connectivity index (χ0n) is 20.3. The number of nitrogens with zero attached hydrogens (tertiary/aromatic N) is 5. The van der Waals surface area contributed by atoms with Crippen molar-refractivity contribution in [3.05, 3.63) is 66.6 Å². The number of ether oxygens (including phenoxy) is 1. The molecule has 11 heteroatoms. The van der Waals surface area contributed by atoms with E-state index in [2.05, 4.69) is 9.97 Å². The Labute approximate surface area is 212 Å². The molecule has 5 aromatic rings. The molecule has 0 aliphatic carbocycles. The first-order valence-electron chi connectivity index (χ1n) is 11.9. The molecular formula is C26H24FN5O4S. The second kappa shape index (κ2) is 8.93. The molecule has 0 spiro atoms. The van der Waals surface area contributed by atoms with Crippen molar-refractivity contribution < 1.29 is 22.0 Å². The lowest BCUT2D eigenvalue weighted by Crippen LogP contribution is -2.39. The summed E-state index contributed by atoms with van der Waals surface area (Å²) in [5.41, 5.74) is 2.92. The average Bonchev–Trinajstić information content (AvgIpc) is 3.47. The number of sulfonamides is 1. The Morgan fingerprint density at radius 3 is 2.62 bits per heavy atom. The van der Waals surface area contributed by atoms with Crippen LogP contribution < -0.4 is 4.74 Å². The van der Waals surface area contributed by atoms with Crippen molar-refractivity contribution in [2.75, 3.05) is 20.2 Å². The number of rotatable bonds is 5. The molecule has 2 aromatic carbocycles. The van der Waals surface area contributed by atoms with E-state index in [1.54, 1.807) is 32.2 Å². The van der Waals surface area contributed by atoms with E-state index < -0.39 is 15.8 Å². The van der Waals surface area contributed by atoms with E-state index in [1.807, 2.05) is 22.8 Å². The molecule has 37 heavy (non-hydrogen) atoms. The molecular weight excluding hydrogens is 497 g/mol. The van der Waals surface area contributed by atoms with Crippen LogP contribution in [-0.2, 0) is 10.0 Å². The molecule has 1 aliphatic heterocycles. The highest BCUT2D eigenvalue weighted by molar-refractivity contribution is 7.89. The first-order valence-corrected chi connectivity index (χ1v) is 13.3. The number of halogens is 1. The fourth-order valence-electron chi connectivity index (χ4n) is 4.99. The quantitative estimate of drug-likeness (QED) is 0.330. The smallest absolute Gasteiger partial charge is 0.243 e. The van der Waals surface area contributed by atoms with Crippen LogP contribution in [0.4, 0.5) is 4.39 Å². The number of aryl methyl sites for hydroxylation is 1. The second-order valence-corrected chi connectivity index (χ2v) is 11.0. The van der Waals surface area contributed by atoms with E-state index in [-0.39, 0.29) is 10.9 Å². The molecule has 0 saturated carbocycles. The van der Waals surface area contributed by atoms with Crippen molar-refractivity contribution >= 4 is 32.2 Å². The van der Waals surface area contributed by atoms with Crippen LogP contribution in [-0.4, -0.2) is 52.4 Å². The standard InChI is InChI=1S/C26H24FN5O4S/c1-16-29-22-5-4-19(14-25(22)36-16)37(33,34)31-11-8-17(9-12-31)32-24-6-3-18(35-2)13-23(24)30-26(32)20-7-10-28-15-21(20)27/h3-7,10,13-15,17H,8-9,11-12H2,1-2H3. The maximum absolute atomic E-state index is 14.8. The Hall–Kier alpha value is -3.83. The third kappa shape index (κ3) is 4.04. The summed E-state index contributed by atoms with van der Waals surface area (Å²) in [5, 5.41) is 0. The Balaban J connectivity index is 1.33. The molecule has 190 valence electrons. The summed E-state index contributed by atoms with van der Waals surface area (Å²) in [4.78, 5) is 13.0. The van der Waals surface area contributed by atoms with Crippen LogP contribution in [0.1, 0.15) is 24.8 Å². The summed E-state index contributed by atoms with van der Waals surface area (Å²) in [7, 11) is -2.14. The minimum absolute atomic E-state index is 0.0770. The second-order valence-electron chi connectivity index (χ2n) is 9.01. The molecule has 0 amide bonds. The summed E-state index contributed by atoms with van der Waals surface area (Å²) in [6.45, 7) is 2.35. The van der Waals surface area contributed by atoms with Crippen LogP contribution in [0.15, 0.2) is 64.2 Å². The van der Waals surface area contributed by atoms with Crippen LogP contribution >= 0.6 is 0 Å². The van der Waals surface area contributed by atoms with Gasteiger partial charge in [0, 0.05) is 44.4 Å². The number of fused-ring (bicyclic) bond motifs is 2. The normalized spacial score (nSPS) is 15.5. The number of methoxy groups -OCH3 is 1. The molecule has 9 nitrogen and oxygen atoms in total. The number of hydrogen-bond acceptors (Lipinski definition) is 7. The number of aromatic nitrogens is 4. The van der Waals surface area contributed by atoms with Gasteiger partial charge in [-0.05, 0) is 43.2 Å². The average molecular weight is 522 g/mol. The van der Waals surface area contributed by atoms with Crippen LogP contribution in [0.5, 0.6) is 5.75 Å². The van der Waals surface area contributed by atoms with E-state index in [4.69, 9.17) is 14.1 Å². The number of hydrogen-bond donors (Lipinski definition) is 0. The minimum atomic E-state index is -3.72. The predicted molar refractivity (Wildman–Crippen MR) is 135 cm³/mol. The van der Waals surface area contributed by atoms with E-state index in [9.17, 15) is 12.8 Å². The number of benzene rings is 2. The lowest BCUT2D eigenvalue weighted by molar-refractivity contribution is 0.278. The summed E-state index contributed by atoms with van der Waals surface area (Å²) < 4.78 is 56.0. The predicted octanol–water partition coefficient (Wildman–Crippen LogP) is 4.72. The topological polar surface area (TPSA) is 103 Å². The van der Waals surface area contributed by atoms with E-state index in [1.165, 1.54) is 22.8 Å². The Bertz CT molecular complexity index is 1740. The molecule has 4 heterocycles. The summed E-state index contributed by atoms with van der Waals surface area (Å²) in [5.74, 6) is 1.15. The van der Waals surface area contributed by atoms with E-state index in [0.29, 0.717) is 65.6 Å². The van der Waals surface area contributed by atoms with Gasteiger partial charge in [-0.15, -0.1) is 0 Å². The Kier molecular flexibility index (Phi) is 5.68. The number of pyridine rings is 1. The lowest BCUT2D eigenvalue weighted by atomic mass is 10.1. The summed E-state index contributed by atoms with van der Waals surface area (Å²) >= 11 is 0. The molecule has 1 aliphatic rings. The summed E-state index contributed by atoms with van der Waals surface area (Å²) in [6, 6.07) is 11.8. The summed E-state index contributed by atoms with van der Waals surface area (Å²) in [6.07, 6.45) is 3.78. The third-order valence-electron chi connectivity index (χ3n) is 6.80.